The minimum atomic E-state index is 0.581. The van der Waals surface area contributed by atoms with Crippen LogP contribution in [0.3, 0.4) is 0 Å². The van der Waals surface area contributed by atoms with Crippen LogP contribution in [0.5, 0.6) is 0 Å². The molecule has 0 spiro atoms. The van der Waals surface area contributed by atoms with Crippen molar-refractivity contribution in [3.8, 4) is 17.1 Å². The predicted octanol–water partition coefficient (Wildman–Crippen LogP) is 3.17. The van der Waals surface area contributed by atoms with Gasteiger partial charge in [-0.3, -0.25) is 4.57 Å². The van der Waals surface area contributed by atoms with Crippen LogP contribution in [0.15, 0.2) is 54.9 Å². The van der Waals surface area contributed by atoms with Gasteiger partial charge in [0.05, 0.1) is 0 Å². The Kier molecular flexibility index (Phi) is 2.93. The van der Waals surface area contributed by atoms with Crippen LogP contribution >= 0.6 is 11.6 Å². The first-order valence-electron chi connectivity index (χ1n) is 5.76. The number of hydrogen-bond acceptors (Lipinski definition) is 3. The summed E-state index contributed by atoms with van der Waals surface area (Å²) in [6.45, 7) is 0. The van der Waals surface area contributed by atoms with Crippen molar-refractivity contribution in [2.45, 2.75) is 0 Å². The van der Waals surface area contributed by atoms with E-state index in [0.717, 1.165) is 11.3 Å². The van der Waals surface area contributed by atoms with Crippen LogP contribution < -0.4 is 5.73 Å². The predicted molar refractivity (Wildman–Crippen MR) is 76.2 cm³/mol. The summed E-state index contributed by atoms with van der Waals surface area (Å²) in [5.41, 5.74) is 8.24. The number of aromatic nitrogens is 3. The van der Waals surface area contributed by atoms with Crippen LogP contribution in [0.4, 0.5) is 5.69 Å². The van der Waals surface area contributed by atoms with Gasteiger partial charge in [-0.2, -0.15) is 0 Å². The van der Waals surface area contributed by atoms with Crippen molar-refractivity contribution in [2.24, 2.45) is 0 Å². The van der Waals surface area contributed by atoms with Gasteiger partial charge in [0.25, 0.3) is 0 Å². The smallest absolute Gasteiger partial charge is 0.168 e. The zero-order valence-electron chi connectivity index (χ0n) is 9.99. The fourth-order valence-corrected chi connectivity index (χ4v) is 2.19. The largest absolute Gasteiger partial charge is 0.399 e. The highest BCUT2D eigenvalue weighted by Crippen LogP contribution is 2.26. The molecule has 2 N–H and O–H groups in total. The van der Waals surface area contributed by atoms with Gasteiger partial charge in [0.15, 0.2) is 5.82 Å². The van der Waals surface area contributed by atoms with Crippen LogP contribution in [-0.4, -0.2) is 14.8 Å². The van der Waals surface area contributed by atoms with Crippen molar-refractivity contribution < 1.29 is 0 Å². The molecule has 94 valence electrons. The first kappa shape index (κ1) is 11.7. The van der Waals surface area contributed by atoms with Gasteiger partial charge in [-0.05, 0) is 30.3 Å². The van der Waals surface area contributed by atoms with Gasteiger partial charge in [0, 0.05) is 22.0 Å². The fourth-order valence-electron chi connectivity index (χ4n) is 1.95. The lowest BCUT2D eigenvalue weighted by molar-refractivity contribution is 1.06. The number of benzene rings is 2. The van der Waals surface area contributed by atoms with Crippen LogP contribution in [0.2, 0.25) is 5.02 Å². The van der Waals surface area contributed by atoms with E-state index in [1.807, 2.05) is 47.0 Å². The molecule has 0 aliphatic heterocycles. The topological polar surface area (TPSA) is 56.7 Å². The Labute approximate surface area is 115 Å². The Morgan fingerprint density at radius 1 is 1.05 bits per heavy atom. The highest BCUT2D eigenvalue weighted by atomic mass is 35.5. The third-order valence-corrected chi connectivity index (χ3v) is 2.98. The Morgan fingerprint density at radius 3 is 2.58 bits per heavy atom. The molecule has 0 fully saturated rings. The minimum absolute atomic E-state index is 0.581. The molecule has 4 nitrogen and oxygen atoms in total. The average molecular weight is 271 g/mol. The van der Waals surface area contributed by atoms with E-state index >= 15 is 0 Å². The number of rotatable bonds is 2. The van der Waals surface area contributed by atoms with Gasteiger partial charge >= 0.3 is 0 Å². The standard InChI is InChI=1S/C14H11ClN4/c15-11-6-10(7-12(16)8-11)14-18-17-9-19(14)13-4-2-1-3-5-13/h1-9H,16H2. The highest BCUT2D eigenvalue weighted by Gasteiger charge is 2.10. The Hall–Kier alpha value is -2.33. The molecule has 2 aromatic carbocycles. The van der Waals surface area contributed by atoms with Crippen molar-refractivity contribution >= 4 is 17.3 Å². The molecule has 0 aliphatic rings. The van der Waals surface area contributed by atoms with E-state index in [1.54, 1.807) is 12.4 Å². The van der Waals surface area contributed by atoms with Crippen molar-refractivity contribution in [2.75, 3.05) is 5.73 Å². The summed E-state index contributed by atoms with van der Waals surface area (Å²) >= 11 is 6.03. The van der Waals surface area contributed by atoms with Crippen molar-refractivity contribution in [3.63, 3.8) is 0 Å². The lowest BCUT2D eigenvalue weighted by Crippen LogP contribution is -1.96. The van der Waals surface area contributed by atoms with Gasteiger partial charge in [-0.1, -0.05) is 29.8 Å². The first-order chi connectivity index (χ1) is 9.24. The summed E-state index contributed by atoms with van der Waals surface area (Å²) in [5, 5.41) is 8.69. The Bertz CT molecular complexity index is 686. The summed E-state index contributed by atoms with van der Waals surface area (Å²) in [7, 11) is 0. The molecular weight excluding hydrogens is 260 g/mol. The lowest BCUT2D eigenvalue weighted by Gasteiger charge is -2.07. The number of halogens is 1. The molecule has 0 atom stereocenters. The number of para-hydroxylation sites is 1. The van der Waals surface area contributed by atoms with E-state index in [1.165, 1.54) is 0 Å². The van der Waals surface area contributed by atoms with Crippen LogP contribution in [-0.2, 0) is 0 Å². The molecule has 0 saturated carbocycles. The van der Waals surface area contributed by atoms with Gasteiger partial charge in [0.2, 0.25) is 0 Å². The Morgan fingerprint density at radius 2 is 1.84 bits per heavy atom. The third kappa shape index (κ3) is 2.30. The monoisotopic (exact) mass is 270 g/mol. The number of nitrogens with two attached hydrogens (primary N) is 1. The summed E-state index contributed by atoms with van der Waals surface area (Å²) in [5.74, 6) is 0.709. The second-order valence-electron chi connectivity index (χ2n) is 4.13. The number of nitrogen functional groups attached to an aromatic ring is 1. The second-order valence-corrected chi connectivity index (χ2v) is 4.57. The summed E-state index contributed by atoms with van der Waals surface area (Å²) in [6.07, 6.45) is 1.67. The lowest BCUT2D eigenvalue weighted by atomic mass is 10.2. The summed E-state index contributed by atoms with van der Waals surface area (Å²) in [6, 6.07) is 15.2. The summed E-state index contributed by atoms with van der Waals surface area (Å²) in [4.78, 5) is 0. The minimum Gasteiger partial charge on any atom is -0.399 e. The molecule has 0 saturated heterocycles. The van der Waals surface area contributed by atoms with Gasteiger partial charge in [0.1, 0.15) is 6.33 Å². The fraction of sp³-hybridized carbons (Fsp3) is 0. The molecule has 0 unspecified atom stereocenters. The zero-order chi connectivity index (χ0) is 13.2. The van der Waals surface area contributed by atoms with E-state index in [9.17, 15) is 0 Å². The van der Waals surface area contributed by atoms with E-state index in [4.69, 9.17) is 17.3 Å². The molecule has 5 heteroatoms. The maximum atomic E-state index is 6.03. The maximum absolute atomic E-state index is 6.03. The second kappa shape index (κ2) is 4.74. The van der Waals surface area contributed by atoms with Crippen LogP contribution in [0.25, 0.3) is 17.1 Å². The van der Waals surface area contributed by atoms with Crippen molar-refractivity contribution in [1.29, 1.82) is 0 Å². The average Bonchev–Trinajstić information content (AvgIpc) is 2.88. The van der Waals surface area contributed by atoms with E-state index in [2.05, 4.69) is 10.2 Å². The molecular formula is C14H11ClN4. The molecule has 0 radical (unpaired) electrons. The van der Waals surface area contributed by atoms with Gasteiger partial charge in [-0.15, -0.1) is 10.2 Å². The van der Waals surface area contributed by atoms with E-state index in [-0.39, 0.29) is 0 Å². The number of nitrogens with zero attached hydrogens (tertiary/aromatic N) is 3. The van der Waals surface area contributed by atoms with Gasteiger partial charge in [-0.25, -0.2) is 0 Å². The van der Waals surface area contributed by atoms with Gasteiger partial charge < -0.3 is 5.73 Å². The number of hydrogen-bond donors (Lipinski definition) is 1. The SMILES string of the molecule is Nc1cc(Cl)cc(-c2nncn2-c2ccccc2)c1. The molecule has 0 bridgehead atoms. The number of anilines is 1. The van der Waals surface area contributed by atoms with Crippen LogP contribution in [0, 0.1) is 0 Å². The van der Waals surface area contributed by atoms with Crippen molar-refractivity contribution in [1.82, 2.24) is 14.8 Å². The maximum Gasteiger partial charge on any atom is 0.168 e. The van der Waals surface area contributed by atoms with Crippen molar-refractivity contribution in [3.05, 3.63) is 59.9 Å². The van der Waals surface area contributed by atoms with E-state index in [0.29, 0.717) is 16.5 Å². The molecule has 0 aliphatic carbocycles. The third-order valence-electron chi connectivity index (χ3n) is 2.76. The first-order valence-corrected chi connectivity index (χ1v) is 6.14. The van der Waals surface area contributed by atoms with E-state index < -0.39 is 0 Å². The zero-order valence-corrected chi connectivity index (χ0v) is 10.7. The normalized spacial score (nSPS) is 10.6. The Balaban J connectivity index is 2.15. The summed E-state index contributed by atoms with van der Waals surface area (Å²) < 4.78 is 1.89. The highest BCUT2D eigenvalue weighted by molar-refractivity contribution is 6.31. The molecule has 3 aromatic rings. The molecule has 19 heavy (non-hydrogen) atoms. The molecule has 3 rings (SSSR count). The molecule has 0 amide bonds. The van der Waals surface area contributed by atoms with Crippen LogP contribution in [0.1, 0.15) is 0 Å². The molecule has 1 aromatic heterocycles. The quantitative estimate of drug-likeness (QED) is 0.728. The molecule has 1 heterocycles.